The molecule has 1 saturated heterocycles. The summed E-state index contributed by atoms with van der Waals surface area (Å²) < 4.78 is 16.6. The number of aryl methyl sites for hydroxylation is 1. The minimum absolute atomic E-state index is 0.0621. The van der Waals surface area contributed by atoms with Gasteiger partial charge in [0.25, 0.3) is 5.56 Å². The summed E-state index contributed by atoms with van der Waals surface area (Å²) in [6.45, 7) is 8.77. The Morgan fingerprint density at radius 2 is 1.81 bits per heavy atom. The van der Waals surface area contributed by atoms with Crippen molar-refractivity contribution in [3.8, 4) is 22.6 Å². The summed E-state index contributed by atoms with van der Waals surface area (Å²) in [7, 11) is 1.78. The molecule has 9 heteroatoms. The molecule has 1 aliphatic heterocycles. The van der Waals surface area contributed by atoms with Crippen LogP contribution in [0.1, 0.15) is 26.7 Å². The standard InChI is InChI=1S/C33H38N6O3/c1-21-18-38(19-22(2)41-21)15-16-39-28-12-11-26(27-20-37(3)32(40)29-25(27)13-14-34-29)31(42-24-7-5-4-6-8-24)30(28)36-33(39)35-17-23-9-10-23/h4-8,11-14,20-23,34H,9-10,15-19H2,1-3H3,(H,35,36)/t21-,22+. The molecule has 1 saturated carbocycles. The van der Waals surface area contributed by atoms with E-state index in [1.807, 2.05) is 48.8 Å². The third kappa shape index (κ3) is 5.18. The predicted octanol–water partition coefficient (Wildman–Crippen LogP) is 5.61. The number of rotatable bonds is 9. The van der Waals surface area contributed by atoms with Crippen molar-refractivity contribution in [2.75, 3.05) is 31.5 Å². The molecule has 0 spiro atoms. The first kappa shape index (κ1) is 26.8. The van der Waals surface area contributed by atoms with Gasteiger partial charge >= 0.3 is 0 Å². The molecule has 7 rings (SSSR count). The molecule has 2 fully saturated rings. The van der Waals surface area contributed by atoms with E-state index in [2.05, 4.69) is 45.7 Å². The number of benzene rings is 2. The van der Waals surface area contributed by atoms with E-state index in [4.69, 9.17) is 14.5 Å². The highest BCUT2D eigenvalue weighted by Gasteiger charge is 2.26. The second-order valence-electron chi connectivity index (χ2n) is 11.9. The molecule has 1 aliphatic carbocycles. The van der Waals surface area contributed by atoms with Crippen LogP contribution >= 0.6 is 0 Å². The number of pyridine rings is 1. The zero-order valence-electron chi connectivity index (χ0n) is 24.5. The van der Waals surface area contributed by atoms with Crippen LogP contribution in [0.25, 0.3) is 33.1 Å². The number of aromatic nitrogens is 4. The van der Waals surface area contributed by atoms with Gasteiger partial charge in [-0.2, -0.15) is 0 Å². The maximum atomic E-state index is 12.8. The second kappa shape index (κ2) is 11.0. The van der Waals surface area contributed by atoms with Crippen LogP contribution in [0.3, 0.4) is 0 Å². The first-order valence-electron chi connectivity index (χ1n) is 15.0. The number of nitrogens with zero attached hydrogens (tertiary/aromatic N) is 4. The number of anilines is 1. The van der Waals surface area contributed by atoms with Gasteiger partial charge < -0.3 is 28.9 Å². The van der Waals surface area contributed by atoms with E-state index in [-0.39, 0.29) is 17.8 Å². The molecule has 4 heterocycles. The van der Waals surface area contributed by atoms with Crippen LogP contribution in [-0.4, -0.2) is 62.4 Å². The van der Waals surface area contributed by atoms with Crippen molar-refractivity contribution in [2.24, 2.45) is 13.0 Å². The molecule has 2 aliphatic rings. The van der Waals surface area contributed by atoms with E-state index in [1.165, 1.54) is 12.8 Å². The highest BCUT2D eigenvalue weighted by molar-refractivity contribution is 6.00. The van der Waals surface area contributed by atoms with Crippen molar-refractivity contribution < 1.29 is 9.47 Å². The molecule has 218 valence electrons. The molecule has 0 amide bonds. The first-order valence-corrected chi connectivity index (χ1v) is 15.0. The van der Waals surface area contributed by atoms with Crippen molar-refractivity contribution in [1.82, 2.24) is 24.0 Å². The van der Waals surface area contributed by atoms with E-state index >= 15 is 0 Å². The van der Waals surface area contributed by atoms with E-state index in [9.17, 15) is 4.79 Å². The molecule has 0 unspecified atom stereocenters. The summed E-state index contributed by atoms with van der Waals surface area (Å²) in [5.41, 5.74) is 4.14. The Morgan fingerprint density at radius 1 is 1.02 bits per heavy atom. The van der Waals surface area contributed by atoms with Gasteiger partial charge in [-0.15, -0.1) is 0 Å². The van der Waals surface area contributed by atoms with E-state index < -0.39 is 0 Å². The van der Waals surface area contributed by atoms with E-state index in [0.29, 0.717) is 17.2 Å². The number of ether oxygens (including phenoxy) is 2. The third-order valence-electron chi connectivity index (χ3n) is 8.40. The van der Waals surface area contributed by atoms with Crippen LogP contribution in [-0.2, 0) is 18.3 Å². The molecule has 2 atom stereocenters. The topological polar surface area (TPSA) is 89.3 Å². The van der Waals surface area contributed by atoms with Crippen LogP contribution in [0, 0.1) is 5.92 Å². The van der Waals surface area contributed by atoms with Gasteiger partial charge in [0.1, 0.15) is 16.8 Å². The fourth-order valence-corrected chi connectivity index (χ4v) is 6.20. The zero-order chi connectivity index (χ0) is 28.8. The number of fused-ring (bicyclic) bond motifs is 2. The minimum atomic E-state index is -0.0621. The summed E-state index contributed by atoms with van der Waals surface area (Å²) in [5.74, 6) is 3.00. The molecular formula is C33H38N6O3. The number of H-pyrrole nitrogens is 1. The highest BCUT2D eigenvalue weighted by Crippen LogP contribution is 2.42. The fraction of sp³-hybridized carbons (Fsp3) is 0.394. The highest BCUT2D eigenvalue weighted by atomic mass is 16.5. The lowest BCUT2D eigenvalue weighted by atomic mass is 10.0. The van der Waals surface area contributed by atoms with Crippen LogP contribution in [0.2, 0.25) is 0 Å². The Bertz CT molecular complexity index is 1770. The molecule has 0 radical (unpaired) electrons. The van der Waals surface area contributed by atoms with Gasteiger partial charge in [-0.1, -0.05) is 18.2 Å². The van der Waals surface area contributed by atoms with Gasteiger partial charge in [-0.3, -0.25) is 9.69 Å². The Hall–Kier alpha value is -4.08. The summed E-state index contributed by atoms with van der Waals surface area (Å²) in [4.78, 5) is 23.7. The molecule has 2 aromatic carbocycles. The third-order valence-corrected chi connectivity index (χ3v) is 8.40. The van der Waals surface area contributed by atoms with Crippen molar-refractivity contribution >= 4 is 27.9 Å². The van der Waals surface area contributed by atoms with Crippen LogP contribution in [0.4, 0.5) is 5.95 Å². The molecule has 0 bridgehead atoms. The molecule has 2 N–H and O–H groups in total. The lowest BCUT2D eigenvalue weighted by molar-refractivity contribution is -0.0684. The van der Waals surface area contributed by atoms with Crippen molar-refractivity contribution in [2.45, 2.75) is 45.4 Å². The summed E-state index contributed by atoms with van der Waals surface area (Å²) in [6.07, 6.45) is 6.68. The van der Waals surface area contributed by atoms with E-state index in [0.717, 1.165) is 72.0 Å². The van der Waals surface area contributed by atoms with Crippen molar-refractivity contribution in [1.29, 1.82) is 0 Å². The Balaban J connectivity index is 1.36. The average molecular weight is 567 g/mol. The molecule has 3 aromatic heterocycles. The van der Waals surface area contributed by atoms with Gasteiger partial charge in [-0.25, -0.2) is 4.98 Å². The fourth-order valence-electron chi connectivity index (χ4n) is 6.20. The summed E-state index contributed by atoms with van der Waals surface area (Å²) in [6, 6.07) is 16.0. The van der Waals surface area contributed by atoms with Crippen molar-refractivity contribution in [3.63, 3.8) is 0 Å². The monoisotopic (exact) mass is 566 g/mol. The molecule has 9 nitrogen and oxygen atoms in total. The minimum Gasteiger partial charge on any atom is -0.454 e. The quantitative estimate of drug-likeness (QED) is 0.241. The molecule has 5 aromatic rings. The van der Waals surface area contributed by atoms with Gasteiger partial charge in [-0.05, 0) is 62.9 Å². The lowest BCUT2D eigenvalue weighted by Gasteiger charge is -2.35. The summed E-state index contributed by atoms with van der Waals surface area (Å²) in [5, 5.41) is 4.52. The largest absolute Gasteiger partial charge is 0.454 e. The van der Waals surface area contributed by atoms with Gasteiger partial charge in [0.15, 0.2) is 5.75 Å². The van der Waals surface area contributed by atoms with E-state index in [1.54, 1.807) is 11.6 Å². The van der Waals surface area contributed by atoms with Crippen LogP contribution < -0.4 is 15.6 Å². The number of aromatic amines is 1. The Labute approximate surface area is 245 Å². The number of imidazole rings is 1. The zero-order valence-corrected chi connectivity index (χ0v) is 24.5. The van der Waals surface area contributed by atoms with Gasteiger partial charge in [0, 0.05) is 68.7 Å². The SMILES string of the molecule is C[C@@H]1CN(CCn2c(NCC3CC3)nc3c(Oc4ccccc4)c(-c4cn(C)c(=O)c5[nH]ccc45)ccc32)C[C@H](C)O1. The predicted molar refractivity (Wildman–Crippen MR) is 166 cm³/mol. The second-order valence-corrected chi connectivity index (χ2v) is 11.9. The first-order chi connectivity index (χ1) is 20.4. The number of para-hydroxylation sites is 1. The normalized spacial score (nSPS) is 19.5. The maximum absolute atomic E-state index is 12.8. The smallest absolute Gasteiger partial charge is 0.274 e. The van der Waals surface area contributed by atoms with Crippen LogP contribution in [0.15, 0.2) is 65.7 Å². The van der Waals surface area contributed by atoms with Crippen LogP contribution in [0.5, 0.6) is 11.5 Å². The van der Waals surface area contributed by atoms with Crippen molar-refractivity contribution in [3.05, 3.63) is 71.3 Å². The number of morpholine rings is 1. The Kier molecular flexibility index (Phi) is 6.99. The summed E-state index contributed by atoms with van der Waals surface area (Å²) >= 11 is 0. The molecular weight excluding hydrogens is 528 g/mol. The number of nitrogens with one attached hydrogen (secondary N) is 2. The number of hydrogen-bond donors (Lipinski definition) is 2. The Morgan fingerprint density at radius 3 is 2.57 bits per heavy atom. The lowest BCUT2D eigenvalue weighted by Crippen LogP contribution is -2.46. The molecule has 42 heavy (non-hydrogen) atoms. The maximum Gasteiger partial charge on any atom is 0.274 e. The van der Waals surface area contributed by atoms with Gasteiger partial charge in [0.05, 0.1) is 17.7 Å². The van der Waals surface area contributed by atoms with Gasteiger partial charge in [0.2, 0.25) is 5.95 Å². The average Bonchev–Trinajstić information content (AvgIpc) is 3.54. The number of hydrogen-bond acceptors (Lipinski definition) is 6.